The van der Waals surface area contributed by atoms with Crippen LogP contribution in [-0.2, 0) is 6.61 Å². The van der Waals surface area contributed by atoms with Gasteiger partial charge in [-0.15, -0.1) is 0 Å². The molecule has 0 bridgehead atoms. The molecule has 4 rings (SSSR count). The zero-order valence-corrected chi connectivity index (χ0v) is 16.5. The summed E-state index contributed by atoms with van der Waals surface area (Å²) < 4.78 is 17.0. The first-order chi connectivity index (χ1) is 14.2. The van der Waals surface area contributed by atoms with Gasteiger partial charge in [-0.1, -0.05) is 30.3 Å². The minimum absolute atomic E-state index is 0.0623. The number of hydrogen-bond acceptors (Lipinski definition) is 4. The summed E-state index contributed by atoms with van der Waals surface area (Å²) >= 11 is 0. The van der Waals surface area contributed by atoms with E-state index in [9.17, 15) is 4.79 Å². The summed E-state index contributed by atoms with van der Waals surface area (Å²) in [6.07, 6.45) is 1.93. The molecule has 29 heavy (non-hydrogen) atoms. The molecule has 0 saturated carbocycles. The summed E-state index contributed by atoms with van der Waals surface area (Å²) in [6.45, 7) is 3.63. The topological polar surface area (TPSA) is 51.9 Å². The van der Waals surface area contributed by atoms with Crippen molar-refractivity contribution in [2.75, 3.05) is 13.2 Å². The number of hydrogen-bond donors (Lipinski definition) is 0. The second-order valence-corrected chi connectivity index (χ2v) is 7.03. The van der Waals surface area contributed by atoms with Crippen LogP contribution in [0.3, 0.4) is 0 Å². The van der Waals surface area contributed by atoms with E-state index in [0.29, 0.717) is 24.7 Å². The molecule has 1 aliphatic heterocycles. The summed E-state index contributed by atoms with van der Waals surface area (Å²) in [6, 6.07) is 21.2. The molecule has 3 aromatic rings. The molecule has 2 heterocycles. The number of nitrogens with zero attached hydrogens (tertiary/aromatic N) is 1. The molecule has 1 aliphatic rings. The van der Waals surface area contributed by atoms with Gasteiger partial charge >= 0.3 is 0 Å². The standard InChI is InChI=1S/C24H25NO4/c1-2-27-20-12-10-18(11-13-20)22-9-6-16-25(22)24(26)23-15-14-21(29-23)17-28-19-7-4-3-5-8-19/h3-5,7-8,10-15,22H,2,6,9,16-17H2,1H3. The lowest BCUT2D eigenvalue weighted by Crippen LogP contribution is -2.30. The molecule has 1 amide bonds. The van der Waals surface area contributed by atoms with Crippen LogP contribution in [0.2, 0.25) is 0 Å². The maximum atomic E-state index is 13.1. The van der Waals surface area contributed by atoms with E-state index in [1.807, 2.05) is 66.4 Å². The molecule has 1 unspecified atom stereocenters. The molecule has 1 atom stereocenters. The summed E-state index contributed by atoms with van der Waals surface area (Å²) in [4.78, 5) is 15.0. The normalized spacial score (nSPS) is 16.0. The molecule has 1 aromatic heterocycles. The molecule has 0 N–H and O–H groups in total. The Morgan fingerprint density at radius 3 is 2.52 bits per heavy atom. The largest absolute Gasteiger partial charge is 0.494 e. The third-order valence-corrected chi connectivity index (χ3v) is 5.09. The van der Waals surface area contributed by atoms with E-state index in [0.717, 1.165) is 36.4 Å². The van der Waals surface area contributed by atoms with Crippen LogP contribution < -0.4 is 9.47 Å². The van der Waals surface area contributed by atoms with Crippen molar-refractivity contribution in [2.45, 2.75) is 32.4 Å². The predicted octanol–water partition coefficient (Wildman–Crippen LogP) is 5.23. The second kappa shape index (κ2) is 8.86. The van der Waals surface area contributed by atoms with Crippen molar-refractivity contribution in [2.24, 2.45) is 0 Å². The van der Waals surface area contributed by atoms with Gasteiger partial charge in [0.2, 0.25) is 0 Å². The number of benzene rings is 2. The average Bonchev–Trinajstić information content (AvgIpc) is 3.43. The van der Waals surface area contributed by atoms with Gasteiger partial charge in [-0.25, -0.2) is 0 Å². The number of ether oxygens (including phenoxy) is 2. The molecule has 5 heteroatoms. The van der Waals surface area contributed by atoms with Gasteiger partial charge < -0.3 is 18.8 Å². The van der Waals surface area contributed by atoms with Crippen LogP contribution in [0, 0.1) is 0 Å². The van der Waals surface area contributed by atoms with Crippen molar-refractivity contribution in [3.05, 3.63) is 83.8 Å². The van der Waals surface area contributed by atoms with Crippen LogP contribution >= 0.6 is 0 Å². The smallest absolute Gasteiger partial charge is 0.290 e. The van der Waals surface area contributed by atoms with Crippen LogP contribution in [0.15, 0.2) is 71.1 Å². The van der Waals surface area contributed by atoms with E-state index in [-0.39, 0.29) is 11.9 Å². The highest BCUT2D eigenvalue weighted by molar-refractivity contribution is 5.92. The zero-order valence-electron chi connectivity index (χ0n) is 16.5. The molecule has 1 saturated heterocycles. The number of furan rings is 1. The monoisotopic (exact) mass is 391 g/mol. The van der Waals surface area contributed by atoms with Gasteiger partial charge in [0.25, 0.3) is 5.91 Å². The maximum Gasteiger partial charge on any atom is 0.290 e. The van der Waals surface area contributed by atoms with Gasteiger partial charge in [0.05, 0.1) is 12.6 Å². The molecule has 150 valence electrons. The average molecular weight is 391 g/mol. The van der Waals surface area contributed by atoms with E-state index in [1.165, 1.54) is 0 Å². The Morgan fingerprint density at radius 2 is 1.76 bits per heavy atom. The molecular formula is C24H25NO4. The lowest BCUT2D eigenvalue weighted by Gasteiger charge is -2.24. The third-order valence-electron chi connectivity index (χ3n) is 5.09. The van der Waals surface area contributed by atoms with Gasteiger partial charge in [-0.3, -0.25) is 4.79 Å². The highest BCUT2D eigenvalue weighted by Crippen LogP contribution is 2.34. The van der Waals surface area contributed by atoms with E-state index < -0.39 is 0 Å². The van der Waals surface area contributed by atoms with Crippen LogP contribution in [0.25, 0.3) is 0 Å². The summed E-state index contributed by atoms with van der Waals surface area (Å²) in [5, 5.41) is 0. The van der Waals surface area contributed by atoms with Gasteiger partial charge in [-0.2, -0.15) is 0 Å². The van der Waals surface area contributed by atoms with Crippen molar-refractivity contribution in [3.8, 4) is 11.5 Å². The quantitative estimate of drug-likeness (QED) is 0.553. The Morgan fingerprint density at radius 1 is 1.00 bits per heavy atom. The molecular weight excluding hydrogens is 366 g/mol. The fourth-order valence-corrected chi connectivity index (χ4v) is 3.69. The molecule has 0 radical (unpaired) electrons. The fourth-order valence-electron chi connectivity index (χ4n) is 3.69. The number of likely N-dealkylation sites (tertiary alicyclic amines) is 1. The van der Waals surface area contributed by atoms with Gasteiger partial charge in [0, 0.05) is 6.54 Å². The van der Waals surface area contributed by atoms with Gasteiger partial charge in [-0.05, 0) is 61.7 Å². The predicted molar refractivity (Wildman–Crippen MR) is 110 cm³/mol. The number of carbonyl (C=O) groups excluding carboxylic acids is 1. The Balaban J connectivity index is 1.42. The highest BCUT2D eigenvalue weighted by Gasteiger charge is 2.32. The number of carbonyl (C=O) groups is 1. The van der Waals surface area contributed by atoms with Gasteiger partial charge in [0.1, 0.15) is 23.9 Å². The number of rotatable bonds is 7. The van der Waals surface area contributed by atoms with Crippen LogP contribution in [0.1, 0.15) is 47.7 Å². The summed E-state index contributed by atoms with van der Waals surface area (Å²) in [5.41, 5.74) is 1.12. The molecule has 0 aliphatic carbocycles. The van der Waals surface area contributed by atoms with E-state index >= 15 is 0 Å². The van der Waals surface area contributed by atoms with Crippen molar-refractivity contribution in [1.82, 2.24) is 4.90 Å². The minimum Gasteiger partial charge on any atom is -0.494 e. The molecule has 5 nitrogen and oxygen atoms in total. The third kappa shape index (κ3) is 4.45. The summed E-state index contributed by atoms with van der Waals surface area (Å²) in [7, 11) is 0. The van der Waals surface area contributed by atoms with Crippen molar-refractivity contribution in [1.29, 1.82) is 0 Å². The van der Waals surface area contributed by atoms with Crippen molar-refractivity contribution >= 4 is 5.91 Å². The zero-order chi connectivity index (χ0) is 20.1. The first kappa shape index (κ1) is 19.1. The van der Waals surface area contributed by atoms with Crippen LogP contribution in [0.4, 0.5) is 0 Å². The van der Waals surface area contributed by atoms with E-state index in [1.54, 1.807) is 12.1 Å². The molecule has 2 aromatic carbocycles. The lowest BCUT2D eigenvalue weighted by molar-refractivity contribution is 0.0699. The molecule has 1 fully saturated rings. The Labute approximate surface area is 170 Å². The SMILES string of the molecule is CCOc1ccc(C2CCCN2C(=O)c2ccc(COc3ccccc3)o2)cc1. The Bertz CT molecular complexity index is 933. The van der Waals surface area contributed by atoms with Crippen LogP contribution in [-0.4, -0.2) is 24.0 Å². The number of para-hydroxylation sites is 1. The second-order valence-electron chi connectivity index (χ2n) is 7.03. The maximum absolute atomic E-state index is 13.1. The van der Waals surface area contributed by atoms with E-state index in [2.05, 4.69) is 0 Å². The first-order valence-electron chi connectivity index (χ1n) is 10.0. The molecule has 0 spiro atoms. The lowest BCUT2D eigenvalue weighted by atomic mass is 10.0. The summed E-state index contributed by atoms with van der Waals surface area (Å²) in [5.74, 6) is 2.53. The highest BCUT2D eigenvalue weighted by atomic mass is 16.5. The first-order valence-corrected chi connectivity index (χ1v) is 10.0. The number of amides is 1. The Hall–Kier alpha value is -3.21. The van der Waals surface area contributed by atoms with Gasteiger partial charge in [0.15, 0.2) is 5.76 Å². The van der Waals surface area contributed by atoms with Crippen molar-refractivity contribution in [3.63, 3.8) is 0 Å². The van der Waals surface area contributed by atoms with Crippen LogP contribution in [0.5, 0.6) is 11.5 Å². The van der Waals surface area contributed by atoms with E-state index in [4.69, 9.17) is 13.9 Å². The van der Waals surface area contributed by atoms with Crippen molar-refractivity contribution < 1.29 is 18.7 Å². The minimum atomic E-state index is -0.0765. The Kier molecular flexibility index (Phi) is 5.84. The fraction of sp³-hybridized carbons (Fsp3) is 0.292.